The van der Waals surface area contributed by atoms with Gasteiger partial charge >= 0.3 is 0 Å². The van der Waals surface area contributed by atoms with Crippen molar-refractivity contribution in [3.63, 3.8) is 0 Å². The van der Waals surface area contributed by atoms with Gasteiger partial charge in [0.15, 0.2) is 0 Å². The van der Waals surface area contributed by atoms with E-state index in [0.29, 0.717) is 6.04 Å². The zero-order valence-corrected chi connectivity index (χ0v) is 9.84. The van der Waals surface area contributed by atoms with Gasteiger partial charge in [0.05, 0.1) is 6.33 Å². The highest BCUT2D eigenvalue weighted by Gasteiger charge is 2.19. The third-order valence-corrected chi connectivity index (χ3v) is 3.41. The van der Waals surface area contributed by atoms with Crippen LogP contribution in [0, 0.1) is 0 Å². The van der Waals surface area contributed by atoms with Crippen molar-refractivity contribution >= 4 is 0 Å². The average molecular weight is 227 g/mol. The summed E-state index contributed by atoms with van der Waals surface area (Å²) in [6.45, 7) is 2.00. The van der Waals surface area contributed by atoms with E-state index in [2.05, 4.69) is 39.1 Å². The van der Waals surface area contributed by atoms with Crippen LogP contribution in [0.2, 0.25) is 0 Å². The first-order valence-electron chi connectivity index (χ1n) is 6.18. The molecule has 0 saturated carbocycles. The molecule has 0 radical (unpaired) electrons. The van der Waals surface area contributed by atoms with Gasteiger partial charge < -0.3 is 9.88 Å². The molecule has 3 nitrogen and oxygen atoms in total. The summed E-state index contributed by atoms with van der Waals surface area (Å²) in [4.78, 5) is 4.04. The molecule has 17 heavy (non-hydrogen) atoms. The van der Waals surface area contributed by atoms with Crippen LogP contribution in [0.3, 0.4) is 0 Å². The van der Waals surface area contributed by atoms with E-state index in [4.69, 9.17) is 0 Å². The Morgan fingerprint density at radius 3 is 2.65 bits per heavy atom. The van der Waals surface area contributed by atoms with E-state index in [1.807, 2.05) is 18.7 Å². The zero-order valence-electron chi connectivity index (χ0n) is 9.84. The molecule has 0 aliphatic heterocycles. The van der Waals surface area contributed by atoms with Crippen molar-refractivity contribution in [2.24, 2.45) is 0 Å². The molecule has 0 atom stereocenters. The minimum Gasteiger partial charge on any atom is -0.336 e. The average Bonchev–Trinajstić information content (AvgIpc) is 2.96. The predicted octanol–water partition coefficient (Wildman–Crippen LogP) is 1.64. The maximum atomic E-state index is 4.04. The summed E-state index contributed by atoms with van der Waals surface area (Å²) in [6, 6.07) is 9.36. The minimum absolute atomic E-state index is 0.607. The molecule has 1 aromatic carbocycles. The van der Waals surface area contributed by atoms with Crippen molar-refractivity contribution in [1.82, 2.24) is 14.9 Å². The number of nitrogens with one attached hydrogen (secondary N) is 1. The molecular formula is C14H17N3. The topological polar surface area (TPSA) is 29.9 Å². The quantitative estimate of drug-likeness (QED) is 0.860. The maximum absolute atomic E-state index is 4.04. The van der Waals surface area contributed by atoms with Gasteiger partial charge in [0.1, 0.15) is 0 Å². The largest absolute Gasteiger partial charge is 0.336 e. The van der Waals surface area contributed by atoms with E-state index in [1.165, 1.54) is 24.0 Å². The lowest BCUT2D eigenvalue weighted by atomic mass is 10.1. The van der Waals surface area contributed by atoms with E-state index in [0.717, 1.165) is 13.1 Å². The van der Waals surface area contributed by atoms with Gasteiger partial charge in [-0.05, 0) is 24.0 Å². The Labute approximate surface area is 101 Å². The minimum atomic E-state index is 0.607. The SMILES string of the molecule is c1ccc2c(c1)CC(NCCn1ccnc1)C2. The second kappa shape index (κ2) is 4.72. The van der Waals surface area contributed by atoms with Crippen LogP contribution in [0.15, 0.2) is 43.0 Å². The molecule has 0 fully saturated rings. The van der Waals surface area contributed by atoms with Crippen molar-refractivity contribution in [3.05, 3.63) is 54.1 Å². The molecule has 0 saturated heterocycles. The summed E-state index contributed by atoms with van der Waals surface area (Å²) in [5.41, 5.74) is 3.01. The number of benzene rings is 1. The lowest BCUT2D eigenvalue weighted by Crippen LogP contribution is -2.32. The molecular weight excluding hydrogens is 210 g/mol. The Kier molecular flexibility index (Phi) is 2.92. The van der Waals surface area contributed by atoms with Crippen LogP contribution in [-0.2, 0) is 19.4 Å². The summed E-state index contributed by atoms with van der Waals surface area (Å²) < 4.78 is 2.11. The first-order valence-corrected chi connectivity index (χ1v) is 6.18. The highest BCUT2D eigenvalue weighted by molar-refractivity contribution is 5.33. The van der Waals surface area contributed by atoms with Gasteiger partial charge in [-0.3, -0.25) is 0 Å². The molecule has 88 valence electrons. The lowest BCUT2D eigenvalue weighted by molar-refractivity contribution is 0.503. The van der Waals surface area contributed by atoms with Crippen molar-refractivity contribution < 1.29 is 0 Å². The van der Waals surface area contributed by atoms with Crippen LogP contribution in [0.5, 0.6) is 0 Å². The first-order chi connectivity index (χ1) is 8.42. The molecule has 2 aromatic rings. The fourth-order valence-corrected chi connectivity index (χ4v) is 2.52. The van der Waals surface area contributed by atoms with Gasteiger partial charge in [-0.25, -0.2) is 4.98 Å². The molecule has 1 N–H and O–H groups in total. The fourth-order valence-electron chi connectivity index (χ4n) is 2.52. The standard InChI is InChI=1S/C14H17N3/c1-2-4-13-10-14(9-12(13)3-1)16-6-8-17-7-5-15-11-17/h1-5,7,11,14,16H,6,8-10H2. The van der Waals surface area contributed by atoms with Crippen LogP contribution in [0.25, 0.3) is 0 Å². The van der Waals surface area contributed by atoms with Crippen LogP contribution < -0.4 is 5.32 Å². The number of fused-ring (bicyclic) bond motifs is 1. The van der Waals surface area contributed by atoms with Crippen molar-refractivity contribution in [3.8, 4) is 0 Å². The summed E-state index contributed by atoms with van der Waals surface area (Å²) in [7, 11) is 0. The van der Waals surface area contributed by atoms with Gasteiger partial charge in [0.25, 0.3) is 0 Å². The summed E-state index contributed by atoms with van der Waals surface area (Å²) in [5, 5.41) is 3.62. The molecule has 3 heteroatoms. The summed E-state index contributed by atoms with van der Waals surface area (Å²) >= 11 is 0. The Hall–Kier alpha value is -1.61. The van der Waals surface area contributed by atoms with E-state index in [-0.39, 0.29) is 0 Å². The Morgan fingerprint density at radius 1 is 1.24 bits per heavy atom. The van der Waals surface area contributed by atoms with E-state index < -0.39 is 0 Å². The summed E-state index contributed by atoms with van der Waals surface area (Å²) in [6.07, 6.45) is 8.03. The Morgan fingerprint density at radius 2 is 2.00 bits per heavy atom. The second-order valence-electron chi connectivity index (χ2n) is 4.63. The van der Waals surface area contributed by atoms with Crippen molar-refractivity contribution in [2.75, 3.05) is 6.54 Å². The second-order valence-corrected chi connectivity index (χ2v) is 4.63. The van der Waals surface area contributed by atoms with Gasteiger partial charge in [0, 0.05) is 31.5 Å². The predicted molar refractivity (Wildman–Crippen MR) is 67.9 cm³/mol. The molecule has 0 spiro atoms. The van der Waals surface area contributed by atoms with E-state index in [1.54, 1.807) is 0 Å². The third-order valence-electron chi connectivity index (χ3n) is 3.41. The number of imidazole rings is 1. The van der Waals surface area contributed by atoms with E-state index in [9.17, 15) is 0 Å². The van der Waals surface area contributed by atoms with Crippen LogP contribution >= 0.6 is 0 Å². The van der Waals surface area contributed by atoms with Crippen molar-refractivity contribution in [1.29, 1.82) is 0 Å². The highest BCUT2D eigenvalue weighted by atomic mass is 15.0. The molecule has 0 bridgehead atoms. The maximum Gasteiger partial charge on any atom is 0.0946 e. The molecule has 1 heterocycles. The number of rotatable bonds is 4. The molecule has 1 aliphatic rings. The molecule has 1 aliphatic carbocycles. The van der Waals surface area contributed by atoms with Crippen LogP contribution in [0.1, 0.15) is 11.1 Å². The van der Waals surface area contributed by atoms with Crippen molar-refractivity contribution in [2.45, 2.75) is 25.4 Å². The van der Waals surface area contributed by atoms with Gasteiger partial charge in [-0.1, -0.05) is 24.3 Å². The summed E-state index contributed by atoms with van der Waals surface area (Å²) in [5.74, 6) is 0. The van der Waals surface area contributed by atoms with Gasteiger partial charge in [-0.2, -0.15) is 0 Å². The van der Waals surface area contributed by atoms with E-state index >= 15 is 0 Å². The number of hydrogen-bond donors (Lipinski definition) is 1. The highest BCUT2D eigenvalue weighted by Crippen LogP contribution is 2.21. The van der Waals surface area contributed by atoms with Crippen LogP contribution in [0.4, 0.5) is 0 Å². The molecule has 0 amide bonds. The Bertz CT molecular complexity index is 451. The van der Waals surface area contributed by atoms with Gasteiger partial charge in [0.2, 0.25) is 0 Å². The smallest absolute Gasteiger partial charge is 0.0946 e. The molecule has 3 rings (SSSR count). The first kappa shape index (κ1) is 10.5. The number of hydrogen-bond acceptors (Lipinski definition) is 2. The van der Waals surface area contributed by atoms with Gasteiger partial charge in [-0.15, -0.1) is 0 Å². The lowest BCUT2D eigenvalue weighted by Gasteiger charge is -2.11. The monoisotopic (exact) mass is 227 g/mol. The Balaban J connectivity index is 1.49. The molecule has 0 unspecified atom stereocenters. The third kappa shape index (κ3) is 2.39. The molecule has 1 aromatic heterocycles. The number of aromatic nitrogens is 2. The zero-order chi connectivity index (χ0) is 11.5. The fraction of sp³-hybridized carbons (Fsp3) is 0.357. The number of nitrogens with zero attached hydrogens (tertiary/aromatic N) is 2. The normalized spacial score (nSPS) is 15.1. The van der Waals surface area contributed by atoms with Crippen LogP contribution in [-0.4, -0.2) is 22.1 Å².